The van der Waals surface area contributed by atoms with Crippen molar-refractivity contribution in [2.75, 3.05) is 7.11 Å². The van der Waals surface area contributed by atoms with E-state index in [4.69, 9.17) is 4.74 Å². The molecule has 0 aliphatic heterocycles. The first kappa shape index (κ1) is 16.0. The molecule has 1 aliphatic carbocycles. The minimum absolute atomic E-state index is 0.164. The van der Waals surface area contributed by atoms with Crippen molar-refractivity contribution in [2.24, 2.45) is 5.92 Å². The molecular formula is C17H18N4O3S. The summed E-state index contributed by atoms with van der Waals surface area (Å²) in [7, 11) is 1.58. The Hall–Kier alpha value is -2.45. The van der Waals surface area contributed by atoms with Gasteiger partial charge in [0.2, 0.25) is 0 Å². The number of nitrogens with one attached hydrogen (secondary N) is 1. The lowest BCUT2D eigenvalue weighted by Gasteiger charge is -2.38. The van der Waals surface area contributed by atoms with Crippen LogP contribution in [0.1, 0.15) is 34.9 Å². The summed E-state index contributed by atoms with van der Waals surface area (Å²) in [6.45, 7) is 0. The number of ether oxygens (including phenoxy) is 1. The monoisotopic (exact) mass is 358 g/mol. The summed E-state index contributed by atoms with van der Waals surface area (Å²) >= 11 is 1.48. The molecule has 0 aromatic carbocycles. The standard InChI is InChI=1S/C17H18N4O3S/c1-24-13-6-11(7-18-8-13)15(10-4-12(22)5-10)20-16(23)14-9-21-2-3-25-17(21)19-14/h2-3,6-10,12,15,22H,4-5H2,1H3,(H,20,23)/t10?,12?,15-/m0/s1. The van der Waals surface area contributed by atoms with E-state index in [-0.39, 0.29) is 24.0 Å². The van der Waals surface area contributed by atoms with Gasteiger partial charge in [0.25, 0.3) is 5.91 Å². The summed E-state index contributed by atoms with van der Waals surface area (Å²) < 4.78 is 7.07. The number of hydrogen-bond acceptors (Lipinski definition) is 6. The van der Waals surface area contributed by atoms with Crippen LogP contribution in [0.2, 0.25) is 0 Å². The predicted octanol–water partition coefficient (Wildman–Crippen LogP) is 2.04. The fourth-order valence-corrected chi connectivity index (χ4v) is 3.84. The van der Waals surface area contributed by atoms with Gasteiger partial charge in [-0.25, -0.2) is 4.98 Å². The average molecular weight is 358 g/mol. The molecule has 3 aromatic rings. The van der Waals surface area contributed by atoms with Crippen molar-refractivity contribution in [3.8, 4) is 5.75 Å². The minimum Gasteiger partial charge on any atom is -0.495 e. The summed E-state index contributed by atoms with van der Waals surface area (Å²) in [5.74, 6) is 0.570. The number of nitrogens with zero attached hydrogens (tertiary/aromatic N) is 3. The zero-order valence-corrected chi connectivity index (χ0v) is 14.4. The number of fused-ring (bicyclic) bond motifs is 1. The second-order valence-electron chi connectivity index (χ2n) is 6.21. The maximum Gasteiger partial charge on any atom is 0.272 e. The summed E-state index contributed by atoms with van der Waals surface area (Å²) in [5.41, 5.74) is 1.25. The number of rotatable bonds is 5. The highest BCUT2D eigenvalue weighted by Gasteiger charge is 2.36. The number of carbonyl (C=O) groups excluding carboxylic acids is 1. The third kappa shape index (κ3) is 3.10. The van der Waals surface area contributed by atoms with E-state index in [1.54, 1.807) is 25.7 Å². The maximum absolute atomic E-state index is 12.7. The summed E-state index contributed by atoms with van der Waals surface area (Å²) in [6, 6.07) is 1.63. The molecule has 3 aromatic heterocycles. The molecule has 0 radical (unpaired) electrons. The van der Waals surface area contributed by atoms with Gasteiger partial charge in [-0.2, -0.15) is 0 Å². The van der Waals surface area contributed by atoms with E-state index in [1.807, 2.05) is 22.0 Å². The summed E-state index contributed by atoms with van der Waals surface area (Å²) in [5, 5.41) is 14.6. The Morgan fingerprint density at radius 2 is 2.32 bits per heavy atom. The third-order valence-corrected chi connectivity index (χ3v) is 5.33. The number of carbonyl (C=O) groups is 1. The molecule has 4 rings (SSSR count). The van der Waals surface area contributed by atoms with Crippen LogP contribution in [-0.4, -0.2) is 38.6 Å². The Labute approximate surface area is 148 Å². The van der Waals surface area contributed by atoms with Crippen LogP contribution < -0.4 is 10.1 Å². The van der Waals surface area contributed by atoms with E-state index in [0.717, 1.165) is 10.5 Å². The molecule has 8 heteroatoms. The lowest BCUT2D eigenvalue weighted by atomic mass is 9.75. The first-order chi connectivity index (χ1) is 12.1. The van der Waals surface area contributed by atoms with Crippen molar-refractivity contribution in [3.63, 3.8) is 0 Å². The molecule has 130 valence electrons. The molecule has 1 amide bonds. The number of thiazole rings is 1. The predicted molar refractivity (Wildman–Crippen MR) is 92.8 cm³/mol. The molecule has 0 spiro atoms. The van der Waals surface area contributed by atoms with Gasteiger partial charge in [-0.3, -0.25) is 14.2 Å². The van der Waals surface area contributed by atoms with Crippen molar-refractivity contribution in [2.45, 2.75) is 25.0 Å². The highest BCUT2D eigenvalue weighted by Crippen LogP contribution is 2.38. The van der Waals surface area contributed by atoms with Crippen LogP contribution >= 0.6 is 11.3 Å². The van der Waals surface area contributed by atoms with E-state index < -0.39 is 0 Å². The number of aliphatic hydroxyl groups is 1. The zero-order valence-electron chi connectivity index (χ0n) is 13.6. The molecule has 25 heavy (non-hydrogen) atoms. The molecule has 7 nitrogen and oxygen atoms in total. The van der Waals surface area contributed by atoms with Gasteiger partial charge >= 0.3 is 0 Å². The van der Waals surface area contributed by atoms with Crippen LogP contribution in [0.3, 0.4) is 0 Å². The Kier molecular flexibility index (Phi) is 4.14. The number of amides is 1. The first-order valence-electron chi connectivity index (χ1n) is 8.04. The smallest absolute Gasteiger partial charge is 0.272 e. The average Bonchev–Trinajstić information content (AvgIpc) is 3.19. The molecule has 1 atom stereocenters. The van der Waals surface area contributed by atoms with Crippen molar-refractivity contribution in [1.82, 2.24) is 19.7 Å². The van der Waals surface area contributed by atoms with E-state index in [0.29, 0.717) is 24.3 Å². The molecule has 1 saturated carbocycles. The van der Waals surface area contributed by atoms with Crippen LogP contribution in [0.5, 0.6) is 5.75 Å². The molecule has 0 saturated heterocycles. The van der Waals surface area contributed by atoms with Crippen molar-refractivity contribution in [3.05, 3.63) is 47.5 Å². The highest BCUT2D eigenvalue weighted by atomic mass is 32.1. The van der Waals surface area contributed by atoms with Crippen LogP contribution in [0.15, 0.2) is 36.2 Å². The topological polar surface area (TPSA) is 88.8 Å². The van der Waals surface area contributed by atoms with Crippen LogP contribution in [-0.2, 0) is 0 Å². The van der Waals surface area contributed by atoms with Crippen LogP contribution in [0, 0.1) is 5.92 Å². The van der Waals surface area contributed by atoms with Gasteiger partial charge < -0.3 is 15.2 Å². The second kappa shape index (κ2) is 6.45. The fraction of sp³-hybridized carbons (Fsp3) is 0.353. The molecule has 2 N–H and O–H groups in total. The van der Waals surface area contributed by atoms with E-state index in [2.05, 4.69) is 15.3 Å². The van der Waals surface area contributed by atoms with Crippen LogP contribution in [0.25, 0.3) is 4.96 Å². The van der Waals surface area contributed by atoms with Gasteiger partial charge in [-0.05, 0) is 30.4 Å². The molecule has 1 aliphatic rings. The highest BCUT2D eigenvalue weighted by molar-refractivity contribution is 7.15. The van der Waals surface area contributed by atoms with E-state index in [9.17, 15) is 9.90 Å². The third-order valence-electron chi connectivity index (χ3n) is 4.56. The van der Waals surface area contributed by atoms with Gasteiger partial charge in [0.15, 0.2) is 4.96 Å². The number of aliphatic hydroxyl groups excluding tert-OH is 1. The van der Waals surface area contributed by atoms with Gasteiger partial charge in [0.1, 0.15) is 11.4 Å². The zero-order chi connectivity index (χ0) is 17.4. The summed E-state index contributed by atoms with van der Waals surface area (Å²) in [6.07, 6.45) is 7.94. The largest absolute Gasteiger partial charge is 0.495 e. The fourth-order valence-electron chi connectivity index (χ4n) is 3.14. The molecular weight excluding hydrogens is 340 g/mol. The second-order valence-corrected chi connectivity index (χ2v) is 7.09. The molecule has 1 fully saturated rings. The maximum atomic E-state index is 12.7. The lowest BCUT2D eigenvalue weighted by molar-refractivity contribution is 0.0234. The number of pyridine rings is 1. The Morgan fingerprint density at radius 3 is 3.04 bits per heavy atom. The number of methoxy groups -OCH3 is 1. The van der Waals surface area contributed by atoms with Crippen molar-refractivity contribution >= 4 is 22.2 Å². The van der Waals surface area contributed by atoms with Gasteiger partial charge in [0.05, 0.1) is 25.5 Å². The van der Waals surface area contributed by atoms with Crippen LogP contribution in [0.4, 0.5) is 0 Å². The van der Waals surface area contributed by atoms with E-state index >= 15 is 0 Å². The molecule has 0 unspecified atom stereocenters. The van der Waals surface area contributed by atoms with Gasteiger partial charge in [-0.1, -0.05) is 0 Å². The van der Waals surface area contributed by atoms with Gasteiger partial charge in [-0.15, -0.1) is 11.3 Å². The number of imidazole rings is 1. The number of hydrogen-bond donors (Lipinski definition) is 2. The normalized spacial score (nSPS) is 20.9. The lowest BCUT2D eigenvalue weighted by Crippen LogP contribution is -2.41. The van der Waals surface area contributed by atoms with Gasteiger partial charge in [0, 0.05) is 24.0 Å². The number of aromatic nitrogens is 3. The molecule has 3 heterocycles. The van der Waals surface area contributed by atoms with Crippen molar-refractivity contribution in [1.29, 1.82) is 0 Å². The Bertz CT molecular complexity index is 872. The van der Waals surface area contributed by atoms with Crippen molar-refractivity contribution < 1.29 is 14.6 Å². The SMILES string of the molecule is COc1cncc([C@@H](NC(=O)c2cn3ccsc3n2)C2CC(O)C2)c1. The summed E-state index contributed by atoms with van der Waals surface area (Å²) in [4.78, 5) is 22.0. The minimum atomic E-state index is -0.305. The molecule has 0 bridgehead atoms. The quantitative estimate of drug-likeness (QED) is 0.729. The first-order valence-corrected chi connectivity index (χ1v) is 8.92. The van der Waals surface area contributed by atoms with E-state index in [1.165, 1.54) is 11.3 Å². The Balaban J connectivity index is 1.59. The Morgan fingerprint density at radius 1 is 1.48 bits per heavy atom.